The van der Waals surface area contributed by atoms with E-state index in [1.807, 2.05) is 60.7 Å². The normalized spacial score (nSPS) is 12.1. The van der Waals surface area contributed by atoms with Gasteiger partial charge >= 0.3 is 0 Å². The van der Waals surface area contributed by atoms with E-state index in [1.165, 1.54) is 10.1 Å². The van der Waals surface area contributed by atoms with Crippen molar-refractivity contribution in [2.24, 2.45) is 0 Å². The van der Waals surface area contributed by atoms with Gasteiger partial charge in [0, 0.05) is 48.7 Å². The van der Waals surface area contributed by atoms with E-state index in [4.69, 9.17) is 4.42 Å². The summed E-state index contributed by atoms with van der Waals surface area (Å²) in [6, 6.07) is 60.4. The number of benzene rings is 8. The van der Waals surface area contributed by atoms with Crippen molar-refractivity contribution < 1.29 is 7.16 Å². The first-order valence-electron chi connectivity index (χ1n) is 18.1. The lowest BCUT2D eigenvalue weighted by atomic mass is 9.92. The molecule has 0 unspecified atom stereocenters. The van der Waals surface area contributed by atoms with Gasteiger partial charge in [0.15, 0.2) is 0 Å². The number of hydrogen-bond acceptors (Lipinski definition) is 3. The van der Waals surface area contributed by atoms with Gasteiger partial charge in [0.25, 0.3) is 0 Å². The van der Waals surface area contributed by atoms with Gasteiger partial charge in [0.05, 0.1) is 13.1 Å². The molecule has 0 bridgehead atoms. The molecule has 0 saturated heterocycles. The molecule has 240 valence electrons. The maximum Gasteiger partial charge on any atom is 0.143 e. The van der Waals surface area contributed by atoms with E-state index >= 15 is 0 Å². The second kappa shape index (κ2) is 12.2. The Morgan fingerprint density at radius 1 is 0.431 bits per heavy atom. The Bertz CT molecular complexity index is 2970. The van der Waals surface area contributed by atoms with E-state index in [0.717, 1.165) is 76.8 Å². The molecule has 0 amide bonds. The van der Waals surface area contributed by atoms with Crippen LogP contribution in [0.4, 0.5) is 17.1 Å². The van der Waals surface area contributed by atoms with Crippen molar-refractivity contribution in [3.05, 3.63) is 188 Å². The number of hydrogen-bond donors (Lipinski definition) is 0. The molecule has 0 atom stereocenters. The second-order valence-electron chi connectivity index (χ2n) is 12.7. The monoisotopic (exact) mass is 671 g/mol. The van der Waals surface area contributed by atoms with E-state index in [1.54, 1.807) is 11.3 Å². The Kier molecular flexibility index (Phi) is 6.54. The van der Waals surface area contributed by atoms with Crippen LogP contribution in [0.5, 0.6) is 0 Å². The summed E-state index contributed by atoms with van der Waals surface area (Å²) in [5.74, 6) is 0. The molecule has 51 heavy (non-hydrogen) atoms. The van der Waals surface area contributed by atoms with Crippen LogP contribution >= 0.6 is 11.3 Å². The molecular weight excluding hydrogens is 639 g/mol. The third-order valence-corrected chi connectivity index (χ3v) is 10.9. The summed E-state index contributed by atoms with van der Waals surface area (Å²) in [6.45, 7) is 0. The molecule has 0 radical (unpaired) electrons. The van der Waals surface area contributed by atoms with Crippen LogP contribution in [0.3, 0.4) is 0 Å². The van der Waals surface area contributed by atoms with E-state index in [2.05, 4.69) is 120 Å². The van der Waals surface area contributed by atoms with E-state index in [0.29, 0.717) is 5.69 Å². The molecule has 0 aliphatic heterocycles. The topological polar surface area (TPSA) is 16.4 Å². The van der Waals surface area contributed by atoms with Gasteiger partial charge in [-0.15, -0.1) is 11.3 Å². The van der Waals surface area contributed by atoms with Crippen molar-refractivity contribution in [3.8, 4) is 33.4 Å². The number of thiophene rings is 1. The van der Waals surface area contributed by atoms with Crippen molar-refractivity contribution in [3.63, 3.8) is 0 Å². The number of para-hydroxylation sites is 3. The average molecular weight is 672 g/mol. The Morgan fingerprint density at radius 2 is 1.00 bits per heavy atom. The summed E-state index contributed by atoms with van der Waals surface area (Å²) in [5, 5.41) is 4.37. The molecule has 2 heterocycles. The van der Waals surface area contributed by atoms with Crippen molar-refractivity contribution in [2.75, 3.05) is 4.90 Å². The minimum absolute atomic E-state index is 0.259. The highest BCUT2D eigenvalue weighted by molar-refractivity contribution is 7.26. The summed E-state index contributed by atoms with van der Waals surface area (Å²) in [7, 11) is 0. The fourth-order valence-electron chi connectivity index (χ4n) is 7.35. The maximum absolute atomic E-state index is 10.2. The highest BCUT2D eigenvalue weighted by Gasteiger charge is 2.22. The van der Waals surface area contributed by atoms with Crippen molar-refractivity contribution >= 4 is 70.5 Å². The highest BCUT2D eigenvalue weighted by atomic mass is 32.1. The van der Waals surface area contributed by atoms with Gasteiger partial charge in [-0.1, -0.05) is 152 Å². The van der Waals surface area contributed by atoms with Gasteiger partial charge < -0.3 is 9.32 Å². The Morgan fingerprint density at radius 3 is 1.75 bits per heavy atom. The first-order chi connectivity index (χ1) is 26.2. The minimum atomic E-state index is 0.259. The summed E-state index contributed by atoms with van der Waals surface area (Å²) >= 11 is 1.74. The summed E-state index contributed by atoms with van der Waals surface area (Å²) in [5.41, 5.74) is 9.25. The van der Waals surface area contributed by atoms with Gasteiger partial charge in [0.2, 0.25) is 0 Å². The molecule has 0 aliphatic rings. The molecule has 0 saturated carbocycles. The fourth-order valence-corrected chi connectivity index (χ4v) is 8.56. The zero-order valence-electron chi connectivity index (χ0n) is 29.5. The van der Waals surface area contributed by atoms with Gasteiger partial charge in [-0.3, -0.25) is 0 Å². The maximum atomic E-state index is 10.2. The van der Waals surface area contributed by atoms with Gasteiger partial charge in [-0.25, -0.2) is 0 Å². The van der Waals surface area contributed by atoms with Crippen molar-refractivity contribution in [1.82, 2.24) is 0 Å². The van der Waals surface area contributed by atoms with Crippen LogP contribution in [0.2, 0.25) is 0 Å². The Labute approximate surface area is 302 Å². The fraction of sp³-hybridized carbons (Fsp3) is 0. The van der Waals surface area contributed by atoms with E-state index < -0.39 is 0 Å². The van der Waals surface area contributed by atoms with Crippen LogP contribution in [0.25, 0.3) is 75.5 Å². The predicted molar refractivity (Wildman–Crippen MR) is 218 cm³/mol. The van der Waals surface area contributed by atoms with Crippen LogP contribution in [0, 0.1) is 0 Å². The molecule has 10 rings (SSSR count). The summed E-state index contributed by atoms with van der Waals surface area (Å²) < 4.78 is 29.2. The molecule has 8 aromatic carbocycles. The third-order valence-electron chi connectivity index (χ3n) is 9.69. The molecule has 0 N–H and O–H groups in total. The van der Waals surface area contributed by atoms with Crippen LogP contribution in [0.1, 0.15) is 2.74 Å². The first kappa shape index (κ1) is 27.4. The van der Waals surface area contributed by atoms with Crippen LogP contribution < -0.4 is 4.90 Å². The van der Waals surface area contributed by atoms with Crippen LogP contribution in [-0.2, 0) is 0 Å². The van der Waals surface area contributed by atoms with Gasteiger partial charge in [-0.2, -0.15) is 0 Å². The molecule has 2 aromatic heterocycles. The Hall–Kier alpha value is -6.42. The van der Waals surface area contributed by atoms with Crippen molar-refractivity contribution in [2.45, 2.75) is 0 Å². The number of anilines is 3. The number of nitrogens with zero attached hydrogens (tertiary/aromatic N) is 1. The van der Waals surface area contributed by atoms with Gasteiger partial charge in [0.1, 0.15) is 11.2 Å². The number of rotatable bonds is 6. The Balaban J connectivity index is 1.29. The standard InChI is InChI=1S/C48H31NOS/c1-4-15-32(16-5-1)36-30-29-35(49(34-19-8-3-9-20-34)44-27-14-26-42-38-21-10-11-28-45(38)51-48(42)44)31-43(36)41-25-13-24-40-39-23-12-22-37(46(39)50-47(40)41)33-17-6-2-7-18-33/h1-31H/i29D,31D. The largest absolute Gasteiger partial charge is 0.455 e. The van der Waals surface area contributed by atoms with E-state index in [-0.39, 0.29) is 12.1 Å². The summed E-state index contributed by atoms with van der Waals surface area (Å²) in [6.07, 6.45) is 0. The molecule has 3 heteroatoms. The lowest BCUT2D eigenvalue weighted by molar-refractivity contribution is 0.671. The lowest BCUT2D eigenvalue weighted by Gasteiger charge is -2.27. The van der Waals surface area contributed by atoms with Gasteiger partial charge in [-0.05, 0) is 58.6 Å². The molecule has 2 nitrogen and oxygen atoms in total. The first-order valence-corrected chi connectivity index (χ1v) is 17.9. The SMILES string of the molecule is [2H]c1cc(-c2ccccc2)c(-c2cccc3c2oc2c(-c4ccccc4)cccc23)c([2H])c1N(c1ccccc1)c1cccc2c1sc1ccccc12. The zero-order chi connectivity index (χ0) is 35.5. The van der Waals surface area contributed by atoms with Crippen LogP contribution in [-0.4, -0.2) is 0 Å². The number of furan rings is 1. The lowest BCUT2D eigenvalue weighted by Crippen LogP contribution is -2.10. The second-order valence-corrected chi connectivity index (χ2v) is 13.7. The molecular formula is C48H31NOS. The third kappa shape index (κ3) is 4.93. The summed E-state index contributed by atoms with van der Waals surface area (Å²) in [4.78, 5) is 2.10. The van der Waals surface area contributed by atoms with Crippen LogP contribution in [0.15, 0.2) is 192 Å². The quantitative estimate of drug-likeness (QED) is 0.175. The predicted octanol–water partition coefficient (Wildman–Crippen LogP) is 14.4. The molecule has 0 aliphatic carbocycles. The number of fused-ring (bicyclic) bond motifs is 6. The minimum Gasteiger partial charge on any atom is -0.455 e. The highest BCUT2D eigenvalue weighted by Crippen LogP contribution is 2.48. The molecule has 0 fully saturated rings. The smallest absolute Gasteiger partial charge is 0.143 e. The van der Waals surface area contributed by atoms with E-state index in [9.17, 15) is 2.74 Å². The molecule has 0 spiro atoms. The zero-order valence-corrected chi connectivity index (χ0v) is 28.3. The molecule has 10 aromatic rings. The van der Waals surface area contributed by atoms with Crippen molar-refractivity contribution in [1.29, 1.82) is 0 Å². The average Bonchev–Trinajstić information content (AvgIpc) is 3.80.